The van der Waals surface area contributed by atoms with E-state index in [1.165, 1.54) is 38.9 Å². The van der Waals surface area contributed by atoms with Crippen molar-refractivity contribution in [3.05, 3.63) is 104 Å². The van der Waals surface area contributed by atoms with Crippen molar-refractivity contribution in [1.29, 1.82) is 0 Å². The lowest BCUT2D eigenvalue weighted by Gasteiger charge is -2.43. The lowest BCUT2D eigenvalue weighted by Crippen LogP contribution is -2.28. The molecule has 3 aromatic rings. The van der Waals surface area contributed by atoms with E-state index < -0.39 is 0 Å². The Balaban J connectivity index is 1.98. The van der Waals surface area contributed by atoms with Crippen molar-refractivity contribution < 1.29 is 0 Å². The maximum absolute atomic E-state index is 6.65. The fraction of sp³-hybridized carbons (Fsp3) is 0.143. The molecule has 3 aliphatic rings. The van der Waals surface area contributed by atoms with Gasteiger partial charge >= 0.3 is 0 Å². The molecule has 2 heteroatoms. The first-order valence-electron chi connectivity index (χ1n) is 7.84. The summed E-state index contributed by atoms with van der Waals surface area (Å²) >= 11 is 13.3. The van der Waals surface area contributed by atoms with E-state index in [1.54, 1.807) is 0 Å². The molecular formula is C21H14Cl2. The molecule has 6 rings (SSSR count). The minimum absolute atomic E-state index is 0.187. The number of halogens is 2. The summed E-state index contributed by atoms with van der Waals surface area (Å²) in [6, 6.07) is 19.1. The van der Waals surface area contributed by atoms with Crippen LogP contribution in [0.25, 0.3) is 0 Å². The summed E-state index contributed by atoms with van der Waals surface area (Å²) in [4.78, 5) is 0. The lowest BCUT2D eigenvalue weighted by atomic mass is 9.60. The van der Waals surface area contributed by atoms with Crippen LogP contribution in [0.1, 0.15) is 50.8 Å². The van der Waals surface area contributed by atoms with Crippen LogP contribution in [0.4, 0.5) is 0 Å². The Labute approximate surface area is 145 Å². The first kappa shape index (κ1) is 13.7. The summed E-state index contributed by atoms with van der Waals surface area (Å²) in [5.41, 5.74) is 9.21. The summed E-state index contributed by atoms with van der Waals surface area (Å²) in [6.07, 6.45) is 0. The Kier molecular flexibility index (Phi) is 2.75. The highest BCUT2D eigenvalue weighted by Crippen LogP contribution is 2.59. The van der Waals surface area contributed by atoms with Gasteiger partial charge in [0, 0.05) is 21.9 Å². The molecule has 0 heterocycles. The van der Waals surface area contributed by atoms with Crippen LogP contribution in [0.3, 0.4) is 0 Å². The van der Waals surface area contributed by atoms with E-state index in [0.717, 1.165) is 10.0 Å². The van der Waals surface area contributed by atoms with Gasteiger partial charge in [0.2, 0.25) is 0 Å². The number of hydrogen-bond donors (Lipinski definition) is 0. The summed E-state index contributed by atoms with van der Waals surface area (Å²) in [5, 5.41) is 1.72. The molecule has 2 bridgehead atoms. The molecule has 0 unspecified atom stereocenters. The molecule has 0 saturated carbocycles. The molecule has 23 heavy (non-hydrogen) atoms. The van der Waals surface area contributed by atoms with Gasteiger partial charge in [-0.3, -0.25) is 0 Å². The third kappa shape index (κ3) is 1.63. The van der Waals surface area contributed by atoms with Gasteiger partial charge in [0.25, 0.3) is 0 Å². The zero-order valence-corrected chi connectivity index (χ0v) is 14.1. The zero-order valence-electron chi connectivity index (χ0n) is 12.6. The quantitative estimate of drug-likeness (QED) is 0.311. The Morgan fingerprint density at radius 1 is 0.609 bits per heavy atom. The molecule has 0 fully saturated rings. The van der Waals surface area contributed by atoms with Crippen molar-refractivity contribution in [2.24, 2.45) is 0 Å². The maximum atomic E-state index is 6.65. The Morgan fingerprint density at radius 2 is 1.26 bits per heavy atom. The highest BCUT2D eigenvalue weighted by atomic mass is 35.5. The van der Waals surface area contributed by atoms with Crippen LogP contribution >= 0.6 is 23.2 Å². The van der Waals surface area contributed by atoms with E-state index in [0.29, 0.717) is 0 Å². The van der Waals surface area contributed by atoms with Gasteiger partial charge in [-0.2, -0.15) is 0 Å². The molecule has 2 atom stereocenters. The number of hydrogen-bond acceptors (Lipinski definition) is 0. The van der Waals surface area contributed by atoms with Crippen LogP contribution in [0.2, 0.25) is 10.0 Å². The van der Waals surface area contributed by atoms with Gasteiger partial charge in [-0.05, 0) is 58.0 Å². The summed E-state index contributed by atoms with van der Waals surface area (Å²) < 4.78 is 0. The van der Waals surface area contributed by atoms with E-state index in [1.807, 2.05) is 18.2 Å². The van der Waals surface area contributed by atoms with Gasteiger partial charge in [-0.25, -0.2) is 0 Å². The predicted molar refractivity (Wildman–Crippen MR) is 96.0 cm³/mol. The average Bonchev–Trinajstić information content (AvgIpc) is 2.58. The molecule has 0 N–H and O–H groups in total. The highest BCUT2D eigenvalue weighted by Gasteiger charge is 2.43. The van der Waals surface area contributed by atoms with E-state index in [4.69, 9.17) is 23.2 Å². The van der Waals surface area contributed by atoms with Crippen molar-refractivity contribution in [3.8, 4) is 0 Å². The lowest BCUT2D eigenvalue weighted by molar-refractivity contribution is 0.749. The van der Waals surface area contributed by atoms with E-state index in [9.17, 15) is 0 Å². The summed E-state index contributed by atoms with van der Waals surface area (Å²) in [7, 11) is 0. The summed E-state index contributed by atoms with van der Waals surface area (Å²) in [5.74, 6) is 0.376. The molecule has 0 amide bonds. The standard InChI is InChI=1S/C21H14Cl2/c1-11-9-10-16(23)21-17(11)20-13-6-3-2-5-12(13)18(21)14-7-4-8-15(22)19(14)20/h2-10,18,20H,1H3/t18-,20-/m1/s1. The largest absolute Gasteiger partial charge is 0.0840 e. The third-order valence-corrected chi connectivity index (χ3v) is 5.99. The molecule has 3 aliphatic carbocycles. The average molecular weight is 337 g/mol. The van der Waals surface area contributed by atoms with Crippen LogP contribution in [-0.4, -0.2) is 0 Å². The Hall–Kier alpha value is -1.76. The maximum Gasteiger partial charge on any atom is 0.0450 e. The van der Waals surface area contributed by atoms with Gasteiger partial charge in [-0.15, -0.1) is 0 Å². The molecule has 0 aromatic heterocycles. The van der Waals surface area contributed by atoms with Crippen LogP contribution < -0.4 is 0 Å². The van der Waals surface area contributed by atoms with Gasteiger partial charge in [-0.1, -0.05) is 65.7 Å². The predicted octanol–water partition coefficient (Wildman–Crippen LogP) is 6.29. The molecule has 0 aliphatic heterocycles. The van der Waals surface area contributed by atoms with Crippen LogP contribution in [0.5, 0.6) is 0 Å². The number of aryl methyl sites for hydroxylation is 1. The molecule has 0 nitrogen and oxygen atoms in total. The van der Waals surface area contributed by atoms with Crippen molar-refractivity contribution in [2.45, 2.75) is 18.8 Å². The molecule has 112 valence electrons. The van der Waals surface area contributed by atoms with Gasteiger partial charge in [0.15, 0.2) is 0 Å². The van der Waals surface area contributed by atoms with Crippen molar-refractivity contribution in [2.75, 3.05) is 0 Å². The molecular weight excluding hydrogens is 323 g/mol. The topological polar surface area (TPSA) is 0 Å². The third-order valence-electron chi connectivity index (χ3n) is 5.33. The van der Waals surface area contributed by atoms with Crippen LogP contribution in [-0.2, 0) is 0 Å². The van der Waals surface area contributed by atoms with Crippen LogP contribution in [0, 0.1) is 6.92 Å². The molecule has 0 radical (unpaired) electrons. The second kappa shape index (κ2) is 4.63. The Morgan fingerprint density at radius 3 is 2.04 bits per heavy atom. The summed E-state index contributed by atoms with van der Waals surface area (Å²) in [6.45, 7) is 2.18. The number of rotatable bonds is 0. The molecule has 3 aromatic carbocycles. The van der Waals surface area contributed by atoms with E-state index in [2.05, 4.69) is 43.3 Å². The monoisotopic (exact) mass is 336 g/mol. The van der Waals surface area contributed by atoms with Crippen molar-refractivity contribution in [3.63, 3.8) is 0 Å². The van der Waals surface area contributed by atoms with Crippen molar-refractivity contribution in [1.82, 2.24) is 0 Å². The fourth-order valence-corrected chi connectivity index (χ4v) is 5.04. The van der Waals surface area contributed by atoms with E-state index >= 15 is 0 Å². The van der Waals surface area contributed by atoms with Gasteiger partial charge < -0.3 is 0 Å². The van der Waals surface area contributed by atoms with Gasteiger partial charge in [0.05, 0.1) is 0 Å². The second-order valence-electron chi connectivity index (χ2n) is 6.43. The highest BCUT2D eigenvalue weighted by molar-refractivity contribution is 6.32. The minimum atomic E-state index is 0.187. The first-order valence-corrected chi connectivity index (χ1v) is 8.60. The SMILES string of the molecule is Cc1ccc(Cl)c2c1[C@H]1c3ccccc3[C@@H]2c2cccc(Cl)c21. The normalized spacial score (nSPS) is 20.0. The zero-order chi connectivity index (χ0) is 15.7. The second-order valence-corrected chi connectivity index (χ2v) is 7.24. The smallest absolute Gasteiger partial charge is 0.0450 e. The fourth-order valence-electron chi connectivity index (χ4n) is 4.48. The van der Waals surface area contributed by atoms with Crippen molar-refractivity contribution >= 4 is 23.2 Å². The molecule has 0 spiro atoms. The molecule has 0 saturated heterocycles. The Bertz CT molecular complexity index is 972. The van der Waals surface area contributed by atoms with Gasteiger partial charge in [0.1, 0.15) is 0 Å². The number of benzene rings is 3. The minimum Gasteiger partial charge on any atom is -0.0840 e. The van der Waals surface area contributed by atoms with E-state index in [-0.39, 0.29) is 11.8 Å². The first-order chi connectivity index (χ1) is 11.2. The van der Waals surface area contributed by atoms with Crippen LogP contribution in [0.15, 0.2) is 54.6 Å².